The first-order valence-corrected chi connectivity index (χ1v) is 18.3. The number of carbonyl (C=O) groups excluding carboxylic acids is 7. The molecule has 18 heteroatoms. The van der Waals surface area contributed by atoms with E-state index in [4.69, 9.17) is 47.4 Å². The Morgan fingerprint density at radius 2 is 0.864 bits per heavy atom. The summed E-state index contributed by atoms with van der Waals surface area (Å²) < 4.78 is 57.4. The van der Waals surface area contributed by atoms with E-state index in [2.05, 4.69) is 0 Å². The average molecular weight is 823 g/mol. The molecule has 10 atom stereocenters. The lowest BCUT2D eigenvalue weighted by Gasteiger charge is -2.48. The summed E-state index contributed by atoms with van der Waals surface area (Å²) in [5.41, 5.74) is 0.214. The van der Waals surface area contributed by atoms with Gasteiger partial charge in [0, 0.05) is 27.7 Å². The summed E-state index contributed by atoms with van der Waals surface area (Å²) in [5.74, 6) is -6.31. The van der Waals surface area contributed by atoms with Gasteiger partial charge in [-0.15, -0.1) is 0 Å². The van der Waals surface area contributed by atoms with Gasteiger partial charge in [0.2, 0.25) is 0 Å². The summed E-state index contributed by atoms with van der Waals surface area (Å²) in [4.78, 5) is 89.7. The molecule has 0 radical (unpaired) electrons. The second-order valence-corrected chi connectivity index (χ2v) is 13.2. The third kappa shape index (κ3) is 11.9. The molecule has 0 bridgehead atoms. The number of hydrogen-bond acceptors (Lipinski definition) is 18. The van der Waals surface area contributed by atoms with Crippen LogP contribution in [0.2, 0.25) is 0 Å². The fraction of sp³-hybridized carbons (Fsp3) is 0.390. The van der Waals surface area contributed by atoms with Crippen molar-refractivity contribution in [2.45, 2.75) is 89.1 Å². The summed E-state index contributed by atoms with van der Waals surface area (Å²) in [5, 5.41) is 11.4. The van der Waals surface area contributed by atoms with E-state index in [0.717, 1.165) is 27.7 Å². The first-order valence-electron chi connectivity index (χ1n) is 18.3. The molecule has 0 spiro atoms. The molecule has 1 N–H and O–H groups in total. The topological polar surface area (TPSA) is 232 Å². The molecule has 3 aromatic carbocycles. The molecule has 59 heavy (non-hydrogen) atoms. The van der Waals surface area contributed by atoms with Gasteiger partial charge in [0.05, 0.1) is 16.7 Å². The molecular formula is C41H42O18. The number of ether oxygens (including phenoxy) is 10. The van der Waals surface area contributed by atoms with Gasteiger partial charge in [-0.2, -0.15) is 0 Å². The SMILES string of the molecule is CC(=O)OC[C@H]1O[C@@H](O[C@H]2[C@@H](OC(=O)c3ccccc3)[C@H](OC(=O)c3ccccc3)[C@H](O)O[C@@H]2COC(=O)c2ccccc2)[C@H](OC(C)=O)[C@@H](OC(C)=O)[C@H]1OC(C)=O. The number of carbonyl (C=O) groups is 7. The lowest BCUT2D eigenvalue weighted by Crippen LogP contribution is -2.67. The van der Waals surface area contributed by atoms with Gasteiger partial charge < -0.3 is 52.5 Å². The minimum Gasteiger partial charge on any atom is -0.463 e. The number of hydrogen-bond donors (Lipinski definition) is 1. The van der Waals surface area contributed by atoms with Crippen LogP contribution in [0.4, 0.5) is 0 Å². The maximum atomic E-state index is 13.8. The second-order valence-electron chi connectivity index (χ2n) is 13.2. The van der Waals surface area contributed by atoms with E-state index < -0.39 is 116 Å². The Labute approximate surface area is 337 Å². The number of aliphatic hydroxyl groups is 1. The molecule has 3 aromatic rings. The quantitative estimate of drug-likeness (QED) is 0.182. The predicted octanol–water partition coefficient (Wildman–Crippen LogP) is 2.48. The zero-order valence-corrected chi connectivity index (χ0v) is 32.2. The van der Waals surface area contributed by atoms with Crippen molar-refractivity contribution in [3.63, 3.8) is 0 Å². The molecule has 0 saturated carbocycles. The van der Waals surface area contributed by atoms with Crippen LogP contribution in [0.3, 0.4) is 0 Å². The van der Waals surface area contributed by atoms with Crippen molar-refractivity contribution in [3.8, 4) is 0 Å². The van der Waals surface area contributed by atoms with Crippen molar-refractivity contribution >= 4 is 41.8 Å². The molecule has 0 aliphatic carbocycles. The lowest BCUT2D eigenvalue weighted by molar-refractivity contribution is -0.355. The lowest BCUT2D eigenvalue weighted by atomic mass is 9.96. The Bertz CT molecular complexity index is 1940. The van der Waals surface area contributed by atoms with Gasteiger partial charge in [-0.05, 0) is 36.4 Å². The third-order valence-corrected chi connectivity index (χ3v) is 8.74. The first kappa shape index (κ1) is 43.9. The smallest absolute Gasteiger partial charge is 0.338 e. The molecule has 18 nitrogen and oxygen atoms in total. The Kier molecular flexibility index (Phi) is 15.2. The minimum absolute atomic E-state index is 0.0275. The average Bonchev–Trinajstić information content (AvgIpc) is 3.21. The van der Waals surface area contributed by atoms with E-state index in [1.54, 1.807) is 54.6 Å². The van der Waals surface area contributed by atoms with Crippen LogP contribution < -0.4 is 0 Å². The summed E-state index contributed by atoms with van der Waals surface area (Å²) in [7, 11) is 0. The summed E-state index contributed by atoms with van der Waals surface area (Å²) in [6.45, 7) is 2.88. The van der Waals surface area contributed by atoms with Crippen LogP contribution in [0.1, 0.15) is 58.8 Å². The first-order chi connectivity index (χ1) is 28.2. The number of aliphatic hydroxyl groups excluding tert-OH is 1. The van der Waals surface area contributed by atoms with E-state index in [0.29, 0.717) is 0 Å². The Hall–Kier alpha value is -6.21. The van der Waals surface area contributed by atoms with E-state index in [1.165, 1.54) is 36.4 Å². The highest BCUT2D eigenvalue weighted by Gasteiger charge is 2.57. The summed E-state index contributed by atoms with van der Waals surface area (Å²) >= 11 is 0. The van der Waals surface area contributed by atoms with E-state index in [1.807, 2.05) is 0 Å². The molecular weight excluding hydrogens is 780 g/mol. The van der Waals surface area contributed by atoms with Gasteiger partial charge in [-0.3, -0.25) is 19.2 Å². The third-order valence-electron chi connectivity index (χ3n) is 8.74. The summed E-state index contributed by atoms with van der Waals surface area (Å²) in [6, 6.07) is 23.1. The Balaban J connectivity index is 1.61. The van der Waals surface area contributed by atoms with E-state index >= 15 is 0 Å². The molecule has 2 heterocycles. The van der Waals surface area contributed by atoms with Gasteiger partial charge in [0.15, 0.2) is 43.1 Å². The van der Waals surface area contributed by atoms with Crippen LogP contribution in [0.15, 0.2) is 91.0 Å². The standard InChI is InChI=1S/C41H42O18/c1-22(42)50-20-30-31(52-23(2)43)34(53-24(3)44)36(54-25(4)45)41(56-30)59-32-29(21-51-37(46)26-14-8-5-9-15-26)55-40(49)35(58-39(48)28-18-12-7-13-19-28)33(32)57-38(47)27-16-10-6-11-17-27/h5-19,29-36,40-41,49H,20-21H2,1-4H3/t29-,30-,31+,32-,33-,34+,35+,36-,40-,41+/m1/s1. The van der Waals surface area contributed by atoms with Crippen molar-refractivity contribution in [2.75, 3.05) is 13.2 Å². The van der Waals surface area contributed by atoms with E-state index in [9.17, 15) is 38.7 Å². The molecule has 0 unspecified atom stereocenters. The minimum atomic E-state index is -2.05. The summed E-state index contributed by atoms with van der Waals surface area (Å²) in [6.07, 6.45) is -17.4. The molecule has 2 saturated heterocycles. The van der Waals surface area contributed by atoms with Crippen LogP contribution in [0, 0.1) is 0 Å². The fourth-order valence-corrected chi connectivity index (χ4v) is 6.25. The molecule has 5 rings (SSSR count). The maximum absolute atomic E-state index is 13.8. The number of rotatable bonds is 14. The largest absolute Gasteiger partial charge is 0.463 e. The van der Waals surface area contributed by atoms with Crippen molar-refractivity contribution < 1.29 is 86.0 Å². The van der Waals surface area contributed by atoms with Crippen LogP contribution in [0.5, 0.6) is 0 Å². The number of benzene rings is 3. The van der Waals surface area contributed by atoms with Gasteiger partial charge >= 0.3 is 41.8 Å². The van der Waals surface area contributed by atoms with Crippen LogP contribution in [0.25, 0.3) is 0 Å². The van der Waals surface area contributed by atoms with Crippen LogP contribution in [-0.2, 0) is 66.5 Å². The number of esters is 7. The highest BCUT2D eigenvalue weighted by atomic mass is 16.8. The van der Waals surface area contributed by atoms with Gasteiger partial charge in [-0.25, -0.2) is 14.4 Å². The fourth-order valence-electron chi connectivity index (χ4n) is 6.25. The molecule has 2 aliphatic rings. The zero-order valence-electron chi connectivity index (χ0n) is 32.2. The van der Waals surface area contributed by atoms with Gasteiger partial charge in [-0.1, -0.05) is 54.6 Å². The van der Waals surface area contributed by atoms with E-state index in [-0.39, 0.29) is 16.7 Å². The van der Waals surface area contributed by atoms with Gasteiger partial charge in [0.25, 0.3) is 0 Å². The van der Waals surface area contributed by atoms with Crippen LogP contribution in [-0.4, -0.2) is 122 Å². The van der Waals surface area contributed by atoms with Crippen molar-refractivity contribution in [2.24, 2.45) is 0 Å². The molecule has 314 valence electrons. The Morgan fingerprint density at radius 1 is 0.458 bits per heavy atom. The van der Waals surface area contributed by atoms with Crippen LogP contribution >= 0.6 is 0 Å². The van der Waals surface area contributed by atoms with Crippen molar-refractivity contribution in [3.05, 3.63) is 108 Å². The highest BCUT2D eigenvalue weighted by Crippen LogP contribution is 2.35. The van der Waals surface area contributed by atoms with Crippen molar-refractivity contribution in [1.82, 2.24) is 0 Å². The molecule has 2 fully saturated rings. The monoisotopic (exact) mass is 822 g/mol. The van der Waals surface area contributed by atoms with Crippen molar-refractivity contribution in [1.29, 1.82) is 0 Å². The normalized spacial score (nSPS) is 26.3. The second kappa shape index (κ2) is 20.5. The Morgan fingerprint density at radius 3 is 1.36 bits per heavy atom. The molecule has 0 amide bonds. The maximum Gasteiger partial charge on any atom is 0.338 e. The molecule has 2 aliphatic heterocycles. The molecule has 0 aromatic heterocycles. The highest BCUT2D eigenvalue weighted by molar-refractivity contribution is 5.91. The van der Waals surface area contributed by atoms with Gasteiger partial charge in [0.1, 0.15) is 31.5 Å². The predicted molar refractivity (Wildman–Crippen MR) is 196 cm³/mol. The zero-order chi connectivity index (χ0) is 42.6.